The van der Waals surface area contributed by atoms with E-state index in [1.54, 1.807) is 6.07 Å². The monoisotopic (exact) mass is 192 g/mol. The number of nitrogens with two attached hydrogens (primary N) is 2. The Bertz CT molecular complexity index is 274. The van der Waals surface area contributed by atoms with E-state index in [0.717, 1.165) is 17.8 Å². The molecule has 1 atom stereocenters. The molecular formula is C12H20N2. The van der Waals surface area contributed by atoms with E-state index >= 15 is 0 Å². The molecule has 0 fully saturated rings. The summed E-state index contributed by atoms with van der Waals surface area (Å²) in [5.41, 5.74) is 14.2. The highest BCUT2D eigenvalue weighted by Crippen LogP contribution is 2.18. The minimum atomic E-state index is 0.709. The van der Waals surface area contributed by atoms with Crippen molar-refractivity contribution in [2.24, 2.45) is 5.92 Å². The Morgan fingerprint density at radius 3 is 2.21 bits per heavy atom. The first-order valence-corrected chi connectivity index (χ1v) is 5.26. The van der Waals surface area contributed by atoms with Crippen LogP contribution in [0.25, 0.3) is 0 Å². The Balaban J connectivity index is 2.66. The number of nitrogen functional groups attached to an aromatic ring is 2. The molecule has 1 aromatic carbocycles. The topological polar surface area (TPSA) is 52.0 Å². The van der Waals surface area contributed by atoms with Gasteiger partial charge in [0.1, 0.15) is 0 Å². The smallest absolute Gasteiger partial charge is 0.0337 e. The second-order valence-corrected chi connectivity index (χ2v) is 4.11. The molecule has 0 amide bonds. The Morgan fingerprint density at radius 1 is 1.14 bits per heavy atom. The fourth-order valence-corrected chi connectivity index (χ4v) is 1.86. The third-order valence-corrected chi connectivity index (χ3v) is 2.40. The van der Waals surface area contributed by atoms with Crippen LogP contribution < -0.4 is 11.5 Å². The molecule has 0 aliphatic heterocycles. The van der Waals surface area contributed by atoms with E-state index in [0.29, 0.717) is 5.92 Å². The first kappa shape index (κ1) is 10.9. The molecule has 0 aliphatic carbocycles. The van der Waals surface area contributed by atoms with Crippen LogP contribution in [0.5, 0.6) is 0 Å². The van der Waals surface area contributed by atoms with E-state index < -0.39 is 0 Å². The van der Waals surface area contributed by atoms with Crippen molar-refractivity contribution in [1.82, 2.24) is 0 Å². The molecule has 0 radical (unpaired) electrons. The van der Waals surface area contributed by atoms with Crippen molar-refractivity contribution >= 4 is 11.4 Å². The summed E-state index contributed by atoms with van der Waals surface area (Å²) in [6.45, 7) is 4.48. The molecule has 0 bridgehead atoms. The van der Waals surface area contributed by atoms with Gasteiger partial charge in [-0.3, -0.25) is 0 Å². The predicted molar refractivity (Wildman–Crippen MR) is 63.0 cm³/mol. The summed E-state index contributed by atoms with van der Waals surface area (Å²) in [7, 11) is 0. The van der Waals surface area contributed by atoms with Gasteiger partial charge in [0, 0.05) is 11.4 Å². The molecule has 1 unspecified atom stereocenters. The highest BCUT2D eigenvalue weighted by Gasteiger charge is 2.03. The van der Waals surface area contributed by atoms with E-state index in [1.165, 1.54) is 18.4 Å². The molecule has 2 nitrogen and oxygen atoms in total. The predicted octanol–water partition coefficient (Wildman–Crippen LogP) is 2.83. The van der Waals surface area contributed by atoms with E-state index in [2.05, 4.69) is 13.8 Å². The van der Waals surface area contributed by atoms with Gasteiger partial charge in [0.25, 0.3) is 0 Å². The molecule has 0 aromatic heterocycles. The average molecular weight is 192 g/mol. The fraction of sp³-hybridized carbons (Fsp3) is 0.500. The third-order valence-electron chi connectivity index (χ3n) is 2.40. The largest absolute Gasteiger partial charge is 0.399 e. The van der Waals surface area contributed by atoms with Gasteiger partial charge in [0.05, 0.1) is 0 Å². The minimum absolute atomic E-state index is 0.709. The lowest BCUT2D eigenvalue weighted by Gasteiger charge is -2.11. The van der Waals surface area contributed by atoms with E-state index in [1.807, 2.05) is 12.1 Å². The van der Waals surface area contributed by atoms with E-state index in [-0.39, 0.29) is 0 Å². The zero-order valence-electron chi connectivity index (χ0n) is 9.09. The van der Waals surface area contributed by atoms with Gasteiger partial charge in [-0.05, 0) is 36.1 Å². The number of anilines is 2. The van der Waals surface area contributed by atoms with Crippen molar-refractivity contribution in [1.29, 1.82) is 0 Å². The van der Waals surface area contributed by atoms with Crippen LogP contribution in [0.1, 0.15) is 32.3 Å². The fourth-order valence-electron chi connectivity index (χ4n) is 1.86. The SMILES string of the molecule is CCCC(C)Cc1cc(N)cc(N)c1. The van der Waals surface area contributed by atoms with Crippen molar-refractivity contribution in [3.63, 3.8) is 0 Å². The third kappa shape index (κ3) is 3.29. The van der Waals surface area contributed by atoms with Gasteiger partial charge in [0.15, 0.2) is 0 Å². The molecule has 1 rings (SSSR count). The summed E-state index contributed by atoms with van der Waals surface area (Å²) in [4.78, 5) is 0. The van der Waals surface area contributed by atoms with E-state index in [9.17, 15) is 0 Å². The van der Waals surface area contributed by atoms with E-state index in [4.69, 9.17) is 11.5 Å². The summed E-state index contributed by atoms with van der Waals surface area (Å²) >= 11 is 0. The Hall–Kier alpha value is -1.18. The standard InChI is InChI=1S/C12H20N2/c1-3-4-9(2)5-10-6-11(13)8-12(14)7-10/h6-9H,3-5,13-14H2,1-2H3. The molecule has 2 heteroatoms. The van der Waals surface area contributed by atoms with Gasteiger partial charge in [0.2, 0.25) is 0 Å². The molecule has 78 valence electrons. The lowest BCUT2D eigenvalue weighted by Crippen LogP contribution is -2.01. The molecule has 0 aliphatic rings. The summed E-state index contributed by atoms with van der Waals surface area (Å²) < 4.78 is 0. The second-order valence-electron chi connectivity index (χ2n) is 4.11. The maximum Gasteiger partial charge on any atom is 0.0337 e. The molecule has 4 N–H and O–H groups in total. The number of hydrogen-bond donors (Lipinski definition) is 2. The molecule has 0 spiro atoms. The maximum absolute atomic E-state index is 5.73. The zero-order valence-corrected chi connectivity index (χ0v) is 9.09. The highest BCUT2D eigenvalue weighted by atomic mass is 14.6. The summed E-state index contributed by atoms with van der Waals surface area (Å²) in [5.74, 6) is 0.709. The van der Waals surface area contributed by atoms with Gasteiger partial charge in [-0.2, -0.15) is 0 Å². The van der Waals surface area contributed by atoms with Gasteiger partial charge >= 0.3 is 0 Å². The van der Waals surface area contributed by atoms with Crippen molar-refractivity contribution in [3.8, 4) is 0 Å². The summed E-state index contributed by atoms with van der Waals surface area (Å²) in [6.07, 6.45) is 3.57. The van der Waals surface area contributed by atoms with Gasteiger partial charge in [-0.15, -0.1) is 0 Å². The van der Waals surface area contributed by atoms with Crippen LogP contribution in [0.4, 0.5) is 11.4 Å². The molecule has 14 heavy (non-hydrogen) atoms. The van der Waals surface area contributed by atoms with Crippen molar-refractivity contribution in [3.05, 3.63) is 23.8 Å². The number of rotatable bonds is 4. The second kappa shape index (κ2) is 4.89. The first-order chi connectivity index (χ1) is 6.61. The molecule has 0 heterocycles. The average Bonchev–Trinajstić information content (AvgIpc) is 2.01. The van der Waals surface area contributed by atoms with Crippen molar-refractivity contribution in [2.75, 3.05) is 11.5 Å². The number of benzene rings is 1. The summed E-state index contributed by atoms with van der Waals surface area (Å²) in [6, 6.07) is 5.83. The lowest BCUT2D eigenvalue weighted by molar-refractivity contribution is 0.523. The summed E-state index contributed by atoms with van der Waals surface area (Å²) in [5, 5.41) is 0. The number of hydrogen-bond acceptors (Lipinski definition) is 2. The van der Waals surface area contributed by atoms with Gasteiger partial charge in [-0.25, -0.2) is 0 Å². The molecular weight excluding hydrogens is 172 g/mol. The normalized spacial score (nSPS) is 12.7. The van der Waals surface area contributed by atoms with Crippen LogP contribution in [0.3, 0.4) is 0 Å². The van der Waals surface area contributed by atoms with Crippen LogP contribution in [-0.4, -0.2) is 0 Å². The van der Waals surface area contributed by atoms with Crippen LogP contribution in [-0.2, 0) is 6.42 Å². The maximum atomic E-state index is 5.73. The molecule has 1 aromatic rings. The Morgan fingerprint density at radius 2 is 1.71 bits per heavy atom. The zero-order chi connectivity index (χ0) is 10.6. The Kier molecular flexibility index (Phi) is 3.81. The van der Waals surface area contributed by atoms with Crippen LogP contribution >= 0.6 is 0 Å². The van der Waals surface area contributed by atoms with Crippen LogP contribution in [0, 0.1) is 5.92 Å². The molecule has 0 saturated heterocycles. The first-order valence-electron chi connectivity index (χ1n) is 5.26. The minimum Gasteiger partial charge on any atom is -0.399 e. The van der Waals surface area contributed by atoms with Crippen molar-refractivity contribution in [2.45, 2.75) is 33.1 Å². The van der Waals surface area contributed by atoms with Gasteiger partial charge in [-0.1, -0.05) is 26.7 Å². The highest BCUT2D eigenvalue weighted by molar-refractivity contribution is 5.54. The molecule has 0 saturated carbocycles. The van der Waals surface area contributed by atoms with Crippen LogP contribution in [0.15, 0.2) is 18.2 Å². The quantitative estimate of drug-likeness (QED) is 0.721. The van der Waals surface area contributed by atoms with Gasteiger partial charge < -0.3 is 11.5 Å². The Labute approximate surface area is 86.3 Å². The lowest BCUT2D eigenvalue weighted by atomic mass is 9.96. The van der Waals surface area contributed by atoms with Crippen molar-refractivity contribution < 1.29 is 0 Å². The van der Waals surface area contributed by atoms with Crippen LogP contribution in [0.2, 0.25) is 0 Å².